The van der Waals surface area contributed by atoms with Crippen molar-refractivity contribution in [2.75, 3.05) is 0 Å². The molecule has 0 bridgehead atoms. The van der Waals surface area contributed by atoms with Gasteiger partial charge < -0.3 is 5.11 Å². The van der Waals surface area contributed by atoms with Gasteiger partial charge in [0.2, 0.25) is 0 Å². The largest absolute Gasteiger partial charge is 0.478 e. The molecule has 0 saturated heterocycles. The molecule has 1 N–H and O–H groups in total. The van der Waals surface area contributed by atoms with Crippen LogP contribution in [0.5, 0.6) is 0 Å². The van der Waals surface area contributed by atoms with Crippen molar-refractivity contribution in [2.24, 2.45) is 0 Å². The van der Waals surface area contributed by atoms with E-state index in [9.17, 15) is 4.79 Å². The molecule has 0 atom stereocenters. The van der Waals surface area contributed by atoms with Crippen molar-refractivity contribution in [2.45, 2.75) is 6.92 Å². The third-order valence-corrected chi connectivity index (χ3v) is 3.19. The Hall–Kier alpha value is -2.62. The molecule has 2 aromatic heterocycles. The number of rotatable bonds is 2. The fourth-order valence-corrected chi connectivity index (χ4v) is 2.20. The van der Waals surface area contributed by atoms with Gasteiger partial charge in [-0.15, -0.1) is 0 Å². The summed E-state index contributed by atoms with van der Waals surface area (Å²) in [4.78, 5) is 15.3. The van der Waals surface area contributed by atoms with Crippen molar-refractivity contribution < 1.29 is 9.90 Å². The molecule has 19 heavy (non-hydrogen) atoms. The number of aromatic nitrogens is 2. The Morgan fingerprint density at radius 2 is 2.11 bits per heavy atom. The molecule has 0 spiro atoms. The number of aromatic carboxylic acids is 1. The van der Waals surface area contributed by atoms with Crippen molar-refractivity contribution in [3.63, 3.8) is 0 Å². The summed E-state index contributed by atoms with van der Waals surface area (Å²) in [5.74, 6) is -0.918. The highest BCUT2D eigenvalue weighted by molar-refractivity contribution is 5.89. The van der Waals surface area contributed by atoms with E-state index in [2.05, 4.69) is 4.98 Å². The predicted octanol–water partition coefficient (Wildman–Crippen LogP) is 3.01. The van der Waals surface area contributed by atoms with Crippen LogP contribution in [0.2, 0.25) is 0 Å². The molecular weight excluding hydrogens is 240 g/mol. The molecule has 0 fully saturated rings. The number of benzene rings is 1. The van der Waals surface area contributed by atoms with Gasteiger partial charge in [0.05, 0.1) is 11.3 Å². The summed E-state index contributed by atoms with van der Waals surface area (Å²) in [6.07, 6.45) is 3.60. The van der Waals surface area contributed by atoms with E-state index in [0.717, 1.165) is 22.5 Å². The van der Waals surface area contributed by atoms with Crippen molar-refractivity contribution in [3.8, 4) is 11.3 Å². The Kier molecular flexibility index (Phi) is 2.56. The van der Waals surface area contributed by atoms with Crippen LogP contribution in [0.4, 0.5) is 0 Å². The topological polar surface area (TPSA) is 54.6 Å². The highest BCUT2D eigenvalue weighted by Crippen LogP contribution is 2.25. The van der Waals surface area contributed by atoms with Gasteiger partial charge in [-0.25, -0.2) is 9.78 Å². The molecule has 0 saturated carbocycles. The van der Waals surface area contributed by atoms with Crippen molar-refractivity contribution in [3.05, 3.63) is 59.9 Å². The van der Waals surface area contributed by atoms with E-state index >= 15 is 0 Å². The van der Waals surface area contributed by atoms with Crippen LogP contribution < -0.4 is 0 Å². The maximum Gasteiger partial charge on any atom is 0.335 e. The Morgan fingerprint density at radius 1 is 1.26 bits per heavy atom. The fraction of sp³-hybridized carbons (Fsp3) is 0.0667. The van der Waals surface area contributed by atoms with Gasteiger partial charge in [-0.3, -0.25) is 4.40 Å². The molecule has 4 nitrogen and oxygen atoms in total. The third kappa shape index (κ3) is 1.87. The van der Waals surface area contributed by atoms with Crippen molar-refractivity contribution >= 4 is 11.6 Å². The molecule has 0 amide bonds. The van der Waals surface area contributed by atoms with Gasteiger partial charge in [-0.05, 0) is 36.8 Å². The number of hydrogen-bond donors (Lipinski definition) is 1. The van der Waals surface area contributed by atoms with Gasteiger partial charge >= 0.3 is 5.97 Å². The number of imidazole rings is 1. The van der Waals surface area contributed by atoms with Gasteiger partial charge in [-0.1, -0.05) is 12.1 Å². The number of nitrogens with zero attached hydrogens (tertiary/aromatic N) is 2. The predicted molar refractivity (Wildman–Crippen MR) is 72.3 cm³/mol. The van der Waals surface area contributed by atoms with E-state index in [0.29, 0.717) is 0 Å². The minimum Gasteiger partial charge on any atom is -0.478 e. The average Bonchev–Trinajstić information content (AvgIpc) is 2.87. The summed E-state index contributed by atoms with van der Waals surface area (Å²) in [5.41, 5.74) is 4.01. The number of pyridine rings is 1. The van der Waals surface area contributed by atoms with Crippen LogP contribution in [-0.2, 0) is 0 Å². The van der Waals surface area contributed by atoms with Gasteiger partial charge in [0.1, 0.15) is 5.65 Å². The minimum absolute atomic E-state index is 0.290. The molecule has 94 valence electrons. The first-order valence-electron chi connectivity index (χ1n) is 5.93. The molecule has 1 aromatic carbocycles. The number of carbonyl (C=O) groups is 1. The Balaban J connectivity index is 2.29. The molecule has 4 heteroatoms. The first-order chi connectivity index (χ1) is 9.16. The zero-order valence-electron chi connectivity index (χ0n) is 10.4. The zero-order valence-corrected chi connectivity index (χ0v) is 10.4. The molecule has 3 rings (SSSR count). The smallest absolute Gasteiger partial charge is 0.335 e. The number of hydrogen-bond acceptors (Lipinski definition) is 2. The van der Waals surface area contributed by atoms with E-state index < -0.39 is 5.97 Å². The minimum atomic E-state index is -0.918. The second kappa shape index (κ2) is 4.24. The van der Waals surface area contributed by atoms with Crippen LogP contribution in [0, 0.1) is 6.92 Å². The molecule has 0 aliphatic rings. The normalized spacial score (nSPS) is 10.8. The van der Waals surface area contributed by atoms with Gasteiger partial charge in [-0.2, -0.15) is 0 Å². The molecular formula is C15H12N2O2. The van der Waals surface area contributed by atoms with Crippen LogP contribution >= 0.6 is 0 Å². The Labute approximate surface area is 110 Å². The SMILES string of the molecule is Cc1ccc(C(=O)O)cc1-c1cccc2nccn12. The second-order valence-corrected chi connectivity index (χ2v) is 4.40. The quantitative estimate of drug-likeness (QED) is 0.762. The molecule has 2 heterocycles. The lowest BCUT2D eigenvalue weighted by molar-refractivity contribution is 0.0697. The van der Waals surface area contributed by atoms with Gasteiger partial charge in [0.25, 0.3) is 0 Å². The fourth-order valence-electron chi connectivity index (χ4n) is 2.20. The lowest BCUT2D eigenvalue weighted by Gasteiger charge is -2.09. The maximum absolute atomic E-state index is 11.1. The van der Waals surface area contributed by atoms with Crippen LogP contribution in [-0.4, -0.2) is 20.5 Å². The van der Waals surface area contributed by atoms with Gasteiger partial charge in [0.15, 0.2) is 0 Å². The Bertz CT molecular complexity index is 775. The van der Waals surface area contributed by atoms with E-state index in [1.54, 1.807) is 18.3 Å². The van der Waals surface area contributed by atoms with Crippen LogP contribution in [0.3, 0.4) is 0 Å². The number of carboxylic acid groups (broad SMARTS) is 1. The number of aryl methyl sites for hydroxylation is 1. The summed E-state index contributed by atoms with van der Waals surface area (Å²) in [6.45, 7) is 1.97. The lowest BCUT2D eigenvalue weighted by Crippen LogP contribution is -1.99. The molecule has 0 unspecified atom stereocenters. The summed E-state index contributed by atoms with van der Waals surface area (Å²) >= 11 is 0. The highest BCUT2D eigenvalue weighted by Gasteiger charge is 2.10. The maximum atomic E-state index is 11.1. The second-order valence-electron chi connectivity index (χ2n) is 4.40. The van der Waals surface area contributed by atoms with E-state index in [1.807, 2.05) is 41.8 Å². The monoisotopic (exact) mass is 252 g/mol. The number of carboxylic acids is 1. The van der Waals surface area contributed by atoms with Gasteiger partial charge in [0, 0.05) is 18.0 Å². The average molecular weight is 252 g/mol. The molecule has 0 aliphatic heterocycles. The summed E-state index contributed by atoms with van der Waals surface area (Å²) in [6, 6.07) is 10.9. The Morgan fingerprint density at radius 3 is 2.89 bits per heavy atom. The summed E-state index contributed by atoms with van der Waals surface area (Å²) in [5, 5.41) is 9.10. The molecule has 3 aromatic rings. The number of fused-ring (bicyclic) bond motifs is 1. The molecule has 0 radical (unpaired) electrons. The molecule has 0 aliphatic carbocycles. The highest BCUT2D eigenvalue weighted by atomic mass is 16.4. The first kappa shape index (κ1) is 11.5. The van der Waals surface area contributed by atoms with Crippen LogP contribution in [0.1, 0.15) is 15.9 Å². The van der Waals surface area contributed by atoms with Crippen molar-refractivity contribution in [1.29, 1.82) is 0 Å². The summed E-state index contributed by atoms with van der Waals surface area (Å²) in [7, 11) is 0. The third-order valence-electron chi connectivity index (χ3n) is 3.19. The van der Waals surface area contributed by atoms with Crippen LogP contribution in [0.15, 0.2) is 48.8 Å². The van der Waals surface area contributed by atoms with Crippen molar-refractivity contribution in [1.82, 2.24) is 9.38 Å². The van der Waals surface area contributed by atoms with E-state index in [1.165, 1.54) is 0 Å². The standard InChI is InChI=1S/C15H12N2O2/c1-10-5-6-11(15(18)19)9-12(10)13-3-2-4-14-16-7-8-17(13)14/h2-9H,1H3,(H,18,19). The van der Waals surface area contributed by atoms with E-state index in [-0.39, 0.29) is 5.56 Å². The zero-order chi connectivity index (χ0) is 13.4. The van der Waals surface area contributed by atoms with E-state index in [4.69, 9.17) is 5.11 Å². The first-order valence-corrected chi connectivity index (χ1v) is 5.93. The summed E-state index contributed by atoms with van der Waals surface area (Å²) < 4.78 is 1.95. The van der Waals surface area contributed by atoms with Crippen LogP contribution in [0.25, 0.3) is 16.9 Å². The lowest BCUT2D eigenvalue weighted by atomic mass is 10.0.